The molecule has 0 bridgehead atoms. The van der Waals surface area contributed by atoms with Crippen LogP contribution in [0.1, 0.15) is 0 Å². The summed E-state index contributed by atoms with van der Waals surface area (Å²) >= 11 is 6.01. The zero-order chi connectivity index (χ0) is 14.7. The number of nitrogens with zero attached hydrogens (tertiary/aromatic N) is 2. The topological polar surface area (TPSA) is 89.5 Å². The second kappa shape index (κ2) is 5.58. The zero-order valence-corrected chi connectivity index (χ0v) is 10.9. The summed E-state index contributed by atoms with van der Waals surface area (Å²) in [7, 11) is 0. The Hall–Kier alpha value is -2.60. The number of nitro groups is 1. The third kappa shape index (κ3) is 2.70. The fourth-order valence-corrected chi connectivity index (χ4v) is 2.01. The first-order chi connectivity index (χ1) is 9.50. The summed E-state index contributed by atoms with van der Waals surface area (Å²) < 4.78 is 0. The van der Waals surface area contributed by atoms with Crippen molar-refractivity contribution in [2.45, 2.75) is 0 Å². The van der Waals surface area contributed by atoms with E-state index in [4.69, 9.17) is 17.3 Å². The molecule has 0 unspecified atom stereocenters. The largest absolute Gasteiger partial charge is 0.351 e. The Morgan fingerprint density at radius 2 is 1.85 bits per heavy atom. The molecule has 0 fully saturated rings. The van der Waals surface area contributed by atoms with Crippen LogP contribution < -0.4 is 10.6 Å². The van der Waals surface area contributed by atoms with Gasteiger partial charge in [0.05, 0.1) is 21.3 Å². The number of urea groups is 1. The highest BCUT2D eigenvalue weighted by atomic mass is 35.5. The van der Waals surface area contributed by atoms with Crippen molar-refractivity contribution in [1.82, 2.24) is 0 Å². The van der Waals surface area contributed by atoms with Gasteiger partial charge in [-0.2, -0.15) is 0 Å². The van der Waals surface area contributed by atoms with E-state index in [0.29, 0.717) is 5.69 Å². The number of hydrogen-bond acceptors (Lipinski definition) is 3. The fourth-order valence-electron chi connectivity index (χ4n) is 1.75. The normalized spacial score (nSPS) is 10.1. The van der Waals surface area contributed by atoms with Crippen LogP contribution in [0.5, 0.6) is 0 Å². The molecule has 0 aliphatic rings. The number of nitro benzene ring substituents is 1. The molecule has 7 heteroatoms. The van der Waals surface area contributed by atoms with Gasteiger partial charge in [-0.25, -0.2) is 4.79 Å². The maximum absolute atomic E-state index is 11.6. The molecule has 0 aliphatic carbocycles. The lowest BCUT2D eigenvalue weighted by atomic mass is 10.2. The Bertz CT molecular complexity index is 661. The van der Waals surface area contributed by atoms with Crippen molar-refractivity contribution >= 4 is 34.7 Å². The number of amides is 2. The van der Waals surface area contributed by atoms with Crippen LogP contribution in [0.15, 0.2) is 48.5 Å². The van der Waals surface area contributed by atoms with E-state index in [0.717, 1.165) is 0 Å². The average molecular weight is 292 g/mol. The molecule has 2 aromatic carbocycles. The van der Waals surface area contributed by atoms with Crippen molar-refractivity contribution in [3.05, 3.63) is 63.7 Å². The van der Waals surface area contributed by atoms with Crippen molar-refractivity contribution < 1.29 is 9.72 Å². The second-order valence-corrected chi connectivity index (χ2v) is 4.31. The number of primary amides is 1. The minimum Gasteiger partial charge on any atom is -0.351 e. The first-order valence-electron chi connectivity index (χ1n) is 5.59. The molecule has 0 heterocycles. The molecule has 6 nitrogen and oxygen atoms in total. The molecule has 0 radical (unpaired) electrons. The molecular weight excluding hydrogens is 282 g/mol. The zero-order valence-electron chi connectivity index (χ0n) is 10.2. The number of para-hydroxylation sites is 1. The van der Waals surface area contributed by atoms with E-state index in [2.05, 4.69) is 0 Å². The number of rotatable bonds is 3. The quantitative estimate of drug-likeness (QED) is 0.693. The maximum atomic E-state index is 11.6. The van der Waals surface area contributed by atoms with Crippen LogP contribution in [-0.2, 0) is 0 Å². The summed E-state index contributed by atoms with van der Waals surface area (Å²) in [5.41, 5.74) is 6.02. The second-order valence-electron chi connectivity index (χ2n) is 3.90. The van der Waals surface area contributed by atoms with Crippen LogP contribution in [0.4, 0.5) is 21.9 Å². The molecule has 102 valence electrons. The summed E-state index contributed by atoms with van der Waals surface area (Å²) in [6.07, 6.45) is 0. The molecular formula is C13H10ClN3O3. The Kier molecular flexibility index (Phi) is 3.86. The number of benzene rings is 2. The highest BCUT2D eigenvalue weighted by Crippen LogP contribution is 2.34. The van der Waals surface area contributed by atoms with Crippen molar-refractivity contribution in [2.75, 3.05) is 4.90 Å². The van der Waals surface area contributed by atoms with Gasteiger partial charge in [0.2, 0.25) is 0 Å². The summed E-state index contributed by atoms with van der Waals surface area (Å²) in [5.74, 6) is 0. The van der Waals surface area contributed by atoms with Gasteiger partial charge in [0.25, 0.3) is 5.69 Å². The van der Waals surface area contributed by atoms with Crippen molar-refractivity contribution in [3.8, 4) is 0 Å². The Balaban J connectivity index is 2.51. The third-order valence-corrected chi connectivity index (χ3v) is 2.92. The number of nitrogens with two attached hydrogens (primary N) is 1. The summed E-state index contributed by atoms with van der Waals surface area (Å²) in [4.78, 5) is 22.9. The molecule has 0 saturated carbocycles. The van der Waals surface area contributed by atoms with Gasteiger partial charge in [0.15, 0.2) is 0 Å². The summed E-state index contributed by atoms with van der Waals surface area (Å²) in [6, 6.07) is 11.7. The Labute approximate surface area is 119 Å². The van der Waals surface area contributed by atoms with Crippen LogP contribution in [-0.4, -0.2) is 11.0 Å². The smallest absolute Gasteiger partial charge is 0.323 e. The SMILES string of the molecule is NC(=O)N(c1ccccc1)c1ccc([N+](=O)[O-])cc1Cl. The molecule has 0 aromatic heterocycles. The average Bonchev–Trinajstić information content (AvgIpc) is 2.41. The molecule has 0 aliphatic heterocycles. The van der Waals surface area contributed by atoms with E-state index in [-0.39, 0.29) is 16.4 Å². The summed E-state index contributed by atoms with van der Waals surface area (Å²) in [5, 5.41) is 10.8. The first-order valence-corrected chi connectivity index (χ1v) is 5.97. The number of halogens is 1. The predicted octanol–water partition coefficient (Wildman–Crippen LogP) is 3.47. The van der Waals surface area contributed by atoms with E-state index in [1.54, 1.807) is 30.3 Å². The van der Waals surface area contributed by atoms with E-state index >= 15 is 0 Å². The van der Waals surface area contributed by atoms with Crippen molar-refractivity contribution in [3.63, 3.8) is 0 Å². The van der Waals surface area contributed by atoms with Gasteiger partial charge in [0.1, 0.15) is 0 Å². The fraction of sp³-hybridized carbons (Fsp3) is 0. The van der Waals surface area contributed by atoms with Crippen molar-refractivity contribution in [2.24, 2.45) is 5.73 Å². The van der Waals surface area contributed by atoms with Gasteiger partial charge in [-0.05, 0) is 18.2 Å². The van der Waals surface area contributed by atoms with Gasteiger partial charge in [-0.1, -0.05) is 29.8 Å². The number of carbonyl (C=O) groups excluding carboxylic acids is 1. The molecule has 0 saturated heterocycles. The lowest BCUT2D eigenvalue weighted by Gasteiger charge is -2.21. The lowest BCUT2D eigenvalue weighted by Crippen LogP contribution is -2.31. The van der Waals surface area contributed by atoms with E-state index in [9.17, 15) is 14.9 Å². The van der Waals surface area contributed by atoms with Crippen LogP contribution in [0, 0.1) is 10.1 Å². The van der Waals surface area contributed by atoms with Crippen LogP contribution in [0.3, 0.4) is 0 Å². The lowest BCUT2D eigenvalue weighted by molar-refractivity contribution is -0.384. The van der Waals surface area contributed by atoms with E-state index in [1.807, 2.05) is 0 Å². The van der Waals surface area contributed by atoms with Gasteiger partial charge in [0, 0.05) is 12.1 Å². The van der Waals surface area contributed by atoms with Gasteiger partial charge >= 0.3 is 6.03 Å². The van der Waals surface area contributed by atoms with Crippen LogP contribution in [0.25, 0.3) is 0 Å². The van der Waals surface area contributed by atoms with Gasteiger partial charge < -0.3 is 5.73 Å². The number of hydrogen-bond donors (Lipinski definition) is 1. The molecule has 20 heavy (non-hydrogen) atoms. The molecule has 2 N–H and O–H groups in total. The number of anilines is 2. The molecule has 0 atom stereocenters. The Morgan fingerprint density at radius 1 is 1.20 bits per heavy atom. The monoisotopic (exact) mass is 291 g/mol. The standard InChI is InChI=1S/C13H10ClN3O3/c14-11-8-10(17(19)20)6-7-12(11)16(13(15)18)9-4-2-1-3-5-9/h1-8H,(H2,15,18). The molecule has 2 aromatic rings. The Morgan fingerprint density at radius 3 is 2.35 bits per heavy atom. The molecule has 2 rings (SSSR count). The minimum absolute atomic E-state index is 0.0712. The van der Waals surface area contributed by atoms with Gasteiger partial charge in [-0.3, -0.25) is 15.0 Å². The first kappa shape index (κ1) is 13.8. The third-order valence-electron chi connectivity index (χ3n) is 2.62. The number of non-ortho nitro benzene ring substituents is 1. The molecule has 0 spiro atoms. The molecule has 2 amide bonds. The van der Waals surface area contributed by atoms with Crippen molar-refractivity contribution in [1.29, 1.82) is 0 Å². The maximum Gasteiger partial charge on any atom is 0.323 e. The van der Waals surface area contributed by atoms with Crippen LogP contribution in [0.2, 0.25) is 5.02 Å². The van der Waals surface area contributed by atoms with E-state index < -0.39 is 11.0 Å². The predicted molar refractivity (Wildman–Crippen MR) is 76.3 cm³/mol. The van der Waals surface area contributed by atoms with Crippen LogP contribution >= 0.6 is 11.6 Å². The van der Waals surface area contributed by atoms with E-state index in [1.165, 1.54) is 23.1 Å². The number of carbonyl (C=O) groups is 1. The highest BCUT2D eigenvalue weighted by molar-refractivity contribution is 6.34. The summed E-state index contributed by atoms with van der Waals surface area (Å²) in [6.45, 7) is 0. The van der Waals surface area contributed by atoms with Gasteiger partial charge in [-0.15, -0.1) is 0 Å². The minimum atomic E-state index is -0.730. The highest BCUT2D eigenvalue weighted by Gasteiger charge is 2.19.